The molecule has 0 aliphatic carbocycles. The highest BCUT2D eigenvalue weighted by molar-refractivity contribution is 5.80. The number of amides is 1. The van der Waals surface area contributed by atoms with Crippen molar-refractivity contribution in [2.24, 2.45) is 5.92 Å². The van der Waals surface area contributed by atoms with Crippen molar-refractivity contribution in [3.8, 4) is 5.69 Å². The molecule has 0 unspecified atom stereocenters. The molecule has 1 aliphatic rings. The first-order valence-corrected chi connectivity index (χ1v) is 9.99. The van der Waals surface area contributed by atoms with Crippen LogP contribution < -0.4 is 5.32 Å². The molecule has 0 radical (unpaired) electrons. The van der Waals surface area contributed by atoms with Gasteiger partial charge < -0.3 is 10.1 Å². The van der Waals surface area contributed by atoms with Crippen LogP contribution in [0.1, 0.15) is 48.0 Å². The Kier molecular flexibility index (Phi) is 5.45. The van der Waals surface area contributed by atoms with Crippen molar-refractivity contribution < 1.29 is 9.53 Å². The fourth-order valence-electron chi connectivity index (χ4n) is 4.09. The highest BCUT2D eigenvalue weighted by Gasteiger charge is 2.38. The first kappa shape index (κ1) is 19.3. The van der Waals surface area contributed by atoms with Crippen molar-refractivity contribution in [1.29, 1.82) is 0 Å². The van der Waals surface area contributed by atoms with E-state index in [0.717, 1.165) is 28.2 Å². The first-order valence-electron chi connectivity index (χ1n) is 9.99. The highest BCUT2D eigenvalue weighted by atomic mass is 16.5. The van der Waals surface area contributed by atoms with Gasteiger partial charge in [-0.3, -0.25) is 9.78 Å². The van der Waals surface area contributed by atoms with Crippen LogP contribution in [-0.4, -0.2) is 27.3 Å². The molecule has 3 heterocycles. The lowest BCUT2D eigenvalue weighted by Gasteiger charge is -2.22. The maximum atomic E-state index is 13.1. The standard InChI is InChI=1S/C23H26N4O2/c1-15(18-9-12-24-13-10-18)25-23(28)20-11-14-29-22(20)21-16(2)26-27(17(21)3)19-7-5-4-6-8-19/h4-10,12-13,15,20,22H,11,14H2,1-3H3,(H,25,28)/t15-,20+,22+/m1/s1. The lowest BCUT2D eigenvalue weighted by molar-refractivity contribution is -0.127. The molecular weight excluding hydrogens is 364 g/mol. The molecule has 1 amide bonds. The minimum absolute atomic E-state index is 0.0167. The number of carbonyl (C=O) groups excluding carboxylic acids is 1. The Bertz CT molecular complexity index is 985. The number of aromatic nitrogens is 3. The smallest absolute Gasteiger partial charge is 0.226 e. The van der Waals surface area contributed by atoms with Crippen LogP contribution in [0.25, 0.3) is 5.69 Å². The van der Waals surface area contributed by atoms with Crippen LogP contribution in [0.3, 0.4) is 0 Å². The van der Waals surface area contributed by atoms with E-state index in [0.29, 0.717) is 13.0 Å². The van der Waals surface area contributed by atoms with Crippen LogP contribution >= 0.6 is 0 Å². The van der Waals surface area contributed by atoms with E-state index in [1.807, 2.05) is 67.9 Å². The topological polar surface area (TPSA) is 69.0 Å². The summed E-state index contributed by atoms with van der Waals surface area (Å²) < 4.78 is 7.98. The molecule has 0 spiro atoms. The third-order valence-corrected chi connectivity index (χ3v) is 5.63. The molecule has 150 valence electrons. The molecule has 4 rings (SSSR count). The molecule has 3 aromatic rings. The predicted molar refractivity (Wildman–Crippen MR) is 111 cm³/mol. The van der Waals surface area contributed by atoms with Crippen LogP contribution in [0.4, 0.5) is 0 Å². The first-order chi connectivity index (χ1) is 14.1. The van der Waals surface area contributed by atoms with Gasteiger partial charge in [-0.25, -0.2) is 4.68 Å². The van der Waals surface area contributed by atoms with Crippen LogP contribution in [0.5, 0.6) is 0 Å². The fourth-order valence-corrected chi connectivity index (χ4v) is 4.09. The van der Waals surface area contributed by atoms with Crippen LogP contribution in [0, 0.1) is 19.8 Å². The number of aryl methyl sites for hydroxylation is 1. The van der Waals surface area contributed by atoms with Gasteiger partial charge in [-0.2, -0.15) is 5.10 Å². The number of para-hydroxylation sites is 1. The number of benzene rings is 1. The Balaban J connectivity index is 1.57. The number of ether oxygens (including phenoxy) is 1. The van der Waals surface area contributed by atoms with Gasteiger partial charge in [-0.15, -0.1) is 0 Å². The summed E-state index contributed by atoms with van der Waals surface area (Å²) in [5.74, 6) is -0.215. The summed E-state index contributed by atoms with van der Waals surface area (Å²) in [6.45, 7) is 6.58. The Hall–Kier alpha value is -2.99. The van der Waals surface area contributed by atoms with E-state index in [2.05, 4.69) is 10.3 Å². The van der Waals surface area contributed by atoms with E-state index in [4.69, 9.17) is 9.84 Å². The van der Waals surface area contributed by atoms with Gasteiger partial charge in [-0.1, -0.05) is 18.2 Å². The minimum Gasteiger partial charge on any atom is -0.373 e. The van der Waals surface area contributed by atoms with Gasteiger partial charge in [0.1, 0.15) is 0 Å². The van der Waals surface area contributed by atoms with Gasteiger partial charge >= 0.3 is 0 Å². The zero-order chi connectivity index (χ0) is 20.4. The number of rotatable bonds is 5. The molecule has 2 aromatic heterocycles. The normalized spacial score (nSPS) is 19.8. The zero-order valence-corrected chi connectivity index (χ0v) is 17.0. The number of hydrogen-bond donors (Lipinski definition) is 1. The Morgan fingerprint density at radius 1 is 1.17 bits per heavy atom. The molecule has 29 heavy (non-hydrogen) atoms. The van der Waals surface area contributed by atoms with Gasteiger partial charge in [-0.05, 0) is 57.0 Å². The maximum absolute atomic E-state index is 13.1. The average Bonchev–Trinajstić information content (AvgIpc) is 3.33. The van der Waals surface area contributed by atoms with Crippen LogP contribution in [0.15, 0.2) is 54.9 Å². The van der Waals surface area contributed by atoms with Crippen molar-refractivity contribution in [2.75, 3.05) is 6.61 Å². The maximum Gasteiger partial charge on any atom is 0.226 e. The minimum atomic E-state index is -0.280. The molecule has 6 heteroatoms. The van der Waals surface area contributed by atoms with E-state index in [-0.39, 0.29) is 24.0 Å². The van der Waals surface area contributed by atoms with E-state index >= 15 is 0 Å². The van der Waals surface area contributed by atoms with E-state index in [1.54, 1.807) is 12.4 Å². The summed E-state index contributed by atoms with van der Waals surface area (Å²) in [5, 5.41) is 7.87. The monoisotopic (exact) mass is 390 g/mol. The summed E-state index contributed by atoms with van der Waals surface area (Å²) in [6, 6.07) is 13.8. The predicted octanol–water partition coefficient (Wildman–Crippen LogP) is 3.84. The molecule has 1 fully saturated rings. The van der Waals surface area contributed by atoms with Crippen molar-refractivity contribution in [2.45, 2.75) is 39.3 Å². The largest absolute Gasteiger partial charge is 0.373 e. The lowest BCUT2D eigenvalue weighted by Crippen LogP contribution is -2.34. The van der Waals surface area contributed by atoms with Gasteiger partial charge in [0.2, 0.25) is 5.91 Å². The molecule has 0 saturated carbocycles. The average molecular weight is 390 g/mol. The number of nitrogens with one attached hydrogen (secondary N) is 1. The van der Waals surface area contributed by atoms with Crippen molar-refractivity contribution in [1.82, 2.24) is 20.1 Å². The Morgan fingerprint density at radius 2 is 1.90 bits per heavy atom. The summed E-state index contributed by atoms with van der Waals surface area (Å²) >= 11 is 0. The van der Waals surface area contributed by atoms with Gasteiger partial charge in [0, 0.05) is 30.3 Å². The third kappa shape index (κ3) is 3.80. The van der Waals surface area contributed by atoms with Crippen molar-refractivity contribution >= 4 is 5.91 Å². The summed E-state index contributed by atoms with van der Waals surface area (Å²) in [5.41, 5.74) is 4.97. The molecular formula is C23H26N4O2. The third-order valence-electron chi connectivity index (χ3n) is 5.63. The fraction of sp³-hybridized carbons (Fsp3) is 0.348. The van der Waals surface area contributed by atoms with Gasteiger partial charge in [0.15, 0.2) is 0 Å². The quantitative estimate of drug-likeness (QED) is 0.719. The number of nitrogens with zero attached hydrogens (tertiary/aromatic N) is 3. The molecule has 1 aliphatic heterocycles. The second-order valence-electron chi connectivity index (χ2n) is 7.53. The molecule has 1 aromatic carbocycles. The lowest BCUT2D eigenvalue weighted by atomic mass is 9.92. The number of carbonyl (C=O) groups is 1. The summed E-state index contributed by atoms with van der Waals surface area (Å²) in [7, 11) is 0. The van der Waals surface area contributed by atoms with Crippen molar-refractivity contribution in [3.63, 3.8) is 0 Å². The summed E-state index contributed by atoms with van der Waals surface area (Å²) in [4.78, 5) is 17.1. The molecule has 6 nitrogen and oxygen atoms in total. The highest BCUT2D eigenvalue weighted by Crippen LogP contribution is 2.38. The van der Waals surface area contributed by atoms with Gasteiger partial charge in [0.25, 0.3) is 0 Å². The molecule has 3 atom stereocenters. The van der Waals surface area contributed by atoms with Crippen LogP contribution in [-0.2, 0) is 9.53 Å². The Morgan fingerprint density at radius 3 is 2.62 bits per heavy atom. The molecule has 0 bridgehead atoms. The van der Waals surface area contributed by atoms with Gasteiger partial charge in [0.05, 0.1) is 29.4 Å². The molecule has 1 N–H and O–H groups in total. The Labute approximate surface area is 170 Å². The second kappa shape index (κ2) is 8.17. The molecule has 1 saturated heterocycles. The number of pyridine rings is 1. The van der Waals surface area contributed by atoms with E-state index < -0.39 is 0 Å². The number of hydrogen-bond acceptors (Lipinski definition) is 4. The summed E-state index contributed by atoms with van der Waals surface area (Å²) in [6.07, 6.45) is 3.90. The van der Waals surface area contributed by atoms with Crippen LogP contribution in [0.2, 0.25) is 0 Å². The second-order valence-corrected chi connectivity index (χ2v) is 7.53. The van der Waals surface area contributed by atoms with Crippen molar-refractivity contribution in [3.05, 3.63) is 77.4 Å². The SMILES string of the molecule is Cc1nn(-c2ccccc2)c(C)c1[C@H]1OCC[C@@H]1C(=O)N[C@H](C)c1ccncc1. The van der Waals surface area contributed by atoms with E-state index in [1.165, 1.54) is 0 Å². The zero-order valence-electron chi connectivity index (χ0n) is 17.0. The van der Waals surface area contributed by atoms with E-state index in [9.17, 15) is 4.79 Å².